The maximum atomic E-state index is 9.45. The molecule has 3 heteroatoms. The van der Waals surface area contributed by atoms with E-state index in [0.717, 1.165) is 0 Å². The summed E-state index contributed by atoms with van der Waals surface area (Å²) in [5.74, 6) is 0. The van der Waals surface area contributed by atoms with E-state index in [-0.39, 0.29) is 6.32 Å². The Labute approximate surface area is 36.7 Å². The fourth-order valence-corrected chi connectivity index (χ4v) is 0. The maximum absolute atomic E-state index is 9.45. The number of carbonyl (C=O) groups excluding carboxylic acids is 1. The summed E-state index contributed by atoms with van der Waals surface area (Å²) in [6.07, 6.45) is -0.0679. The van der Waals surface area contributed by atoms with Gasteiger partial charge in [-0.05, 0) is 17.9 Å². The third-order valence-electron chi connectivity index (χ3n) is 0.160. The Kier molecular flexibility index (Phi) is 2.28. The van der Waals surface area contributed by atoms with E-state index in [1.807, 2.05) is 0 Å². The number of hydrogen-bond acceptors (Lipinski definition) is 1. The fourth-order valence-electron chi connectivity index (χ4n) is 0. The minimum Gasteiger partial charge on any atom is -0.282 e. The summed E-state index contributed by atoms with van der Waals surface area (Å²) < 4.78 is 0. The van der Waals surface area contributed by atoms with Crippen LogP contribution in [-0.2, 0) is 4.79 Å². The molecule has 0 amide bonds. The van der Waals surface area contributed by atoms with Gasteiger partial charge in [-0.2, -0.15) is 0 Å². The molecule has 1 nitrogen and oxygen atoms in total. The lowest BCUT2D eigenvalue weighted by molar-refractivity contribution is -0.109. The predicted octanol–water partition coefficient (Wildman–Crippen LogP) is 0.339. The Morgan fingerprint density at radius 3 is 2.20 bits per heavy atom. The van der Waals surface area contributed by atoms with Crippen molar-refractivity contribution in [2.75, 3.05) is 0 Å². The van der Waals surface area contributed by atoms with E-state index in [9.17, 15) is 4.79 Å². The molecule has 0 aromatic heterocycles. The van der Waals surface area contributed by atoms with Gasteiger partial charge in [-0.1, -0.05) is 0 Å². The van der Waals surface area contributed by atoms with Gasteiger partial charge in [-0.15, -0.1) is 0 Å². The van der Waals surface area contributed by atoms with E-state index < -0.39 is 5.24 Å². The van der Waals surface area contributed by atoms with Crippen molar-refractivity contribution in [1.82, 2.24) is 0 Å². The van der Waals surface area contributed by atoms with Crippen LogP contribution < -0.4 is 0 Å². The Morgan fingerprint density at radius 2 is 2.20 bits per heavy atom. The van der Waals surface area contributed by atoms with Gasteiger partial charge in [0, 0.05) is 0 Å². The largest absolute Gasteiger partial charge is 0.282 e. The van der Waals surface area contributed by atoms with Crippen molar-refractivity contribution >= 4 is 24.7 Å². The molecule has 0 rings (SSSR count). The predicted molar refractivity (Wildman–Crippen MR) is 21.4 cm³/mol. The molecular weight excluding hydrogens is 86.3 g/mol. The molecule has 0 saturated carbocycles. The van der Waals surface area contributed by atoms with Gasteiger partial charge in [0.05, 0.1) is 7.85 Å². The first kappa shape index (κ1) is 5.02. The van der Waals surface area contributed by atoms with Gasteiger partial charge in [-0.25, -0.2) is 0 Å². The summed E-state index contributed by atoms with van der Waals surface area (Å²) in [7, 11) is 4.69. The average Bonchev–Trinajstić information content (AvgIpc) is 1.38. The molecule has 0 spiro atoms. The highest BCUT2D eigenvalue weighted by atomic mass is 35.5. The molecule has 26 valence electrons. The number of halogens is 1. The third kappa shape index (κ3) is 4.02. The van der Waals surface area contributed by atoms with Gasteiger partial charge in [0.25, 0.3) is 0 Å². The summed E-state index contributed by atoms with van der Waals surface area (Å²) in [6.45, 7) is 0. The Hall–Kier alpha value is 0.0249. The van der Waals surface area contributed by atoms with E-state index in [2.05, 4.69) is 7.85 Å². The topological polar surface area (TPSA) is 17.1 Å². The van der Waals surface area contributed by atoms with Gasteiger partial charge in [-0.3, -0.25) is 4.79 Å². The lowest BCUT2D eigenvalue weighted by atomic mass is 10.1. The monoisotopic (exact) mass is 88.0 g/mol. The molecule has 0 fully saturated rings. The molecule has 0 aromatic rings. The second-order valence-electron chi connectivity index (χ2n) is 0.559. The lowest BCUT2D eigenvalue weighted by Crippen LogP contribution is -1.78. The highest BCUT2D eigenvalue weighted by Crippen LogP contribution is 1.79. The zero-order valence-electron chi connectivity index (χ0n) is 2.57. The lowest BCUT2D eigenvalue weighted by Gasteiger charge is -1.68. The molecule has 0 atom stereocenters. The van der Waals surface area contributed by atoms with Gasteiger partial charge < -0.3 is 0 Å². The Bertz CT molecular complexity index is 44.9. The van der Waals surface area contributed by atoms with Crippen LogP contribution in [0.15, 0.2) is 0 Å². The SMILES string of the molecule is [B]CC(=O)Cl. The normalized spacial score (nSPS) is 7.40. The van der Waals surface area contributed by atoms with E-state index in [1.54, 1.807) is 0 Å². The van der Waals surface area contributed by atoms with Crippen molar-refractivity contribution in [3.63, 3.8) is 0 Å². The molecule has 0 unspecified atom stereocenters. The van der Waals surface area contributed by atoms with Crippen LogP contribution in [-0.4, -0.2) is 13.1 Å². The average molecular weight is 88.3 g/mol. The van der Waals surface area contributed by atoms with E-state index in [0.29, 0.717) is 0 Å². The molecule has 2 radical (unpaired) electrons. The molecule has 0 aliphatic rings. The van der Waals surface area contributed by atoms with Crippen molar-refractivity contribution in [1.29, 1.82) is 0 Å². The second kappa shape index (κ2) is 2.27. The van der Waals surface area contributed by atoms with Gasteiger partial charge in [0.1, 0.15) is 0 Å². The first-order valence-corrected chi connectivity index (χ1v) is 1.53. The second-order valence-corrected chi connectivity index (χ2v) is 0.981. The molecule has 0 aliphatic heterocycles. The van der Waals surface area contributed by atoms with Crippen molar-refractivity contribution in [3.05, 3.63) is 0 Å². The smallest absolute Gasteiger partial charge is 0.213 e. The molecule has 0 aromatic carbocycles. The Balaban J connectivity index is 2.85. The molecule has 5 heavy (non-hydrogen) atoms. The van der Waals surface area contributed by atoms with Gasteiger partial charge in [0.2, 0.25) is 5.24 Å². The van der Waals surface area contributed by atoms with Crippen LogP contribution in [0, 0.1) is 0 Å². The summed E-state index contributed by atoms with van der Waals surface area (Å²) in [6, 6.07) is 0. The molecule has 0 saturated heterocycles. The minimum absolute atomic E-state index is 0.0679. The van der Waals surface area contributed by atoms with E-state index >= 15 is 0 Å². The summed E-state index contributed by atoms with van der Waals surface area (Å²) in [4.78, 5) is 9.45. The molecule has 0 N–H and O–H groups in total. The molecule has 0 aliphatic carbocycles. The quantitative estimate of drug-likeness (QED) is 0.334. The van der Waals surface area contributed by atoms with Crippen LogP contribution in [0.3, 0.4) is 0 Å². The fraction of sp³-hybridized carbons (Fsp3) is 0.500. The van der Waals surface area contributed by atoms with E-state index in [1.165, 1.54) is 0 Å². The first-order valence-electron chi connectivity index (χ1n) is 1.15. The van der Waals surface area contributed by atoms with Crippen LogP contribution >= 0.6 is 11.6 Å². The van der Waals surface area contributed by atoms with Crippen LogP contribution in [0.25, 0.3) is 0 Å². The van der Waals surface area contributed by atoms with Crippen molar-refractivity contribution < 1.29 is 4.79 Å². The number of rotatable bonds is 1. The molecule has 0 heterocycles. The first-order chi connectivity index (χ1) is 2.27. The molecular formula is C2H2BClO. The van der Waals surface area contributed by atoms with Crippen LogP contribution in [0.5, 0.6) is 0 Å². The van der Waals surface area contributed by atoms with Crippen LogP contribution in [0.4, 0.5) is 0 Å². The minimum atomic E-state index is -0.495. The van der Waals surface area contributed by atoms with Crippen molar-refractivity contribution in [2.45, 2.75) is 6.32 Å². The zero-order chi connectivity index (χ0) is 4.28. The Morgan fingerprint density at radius 1 is 2.00 bits per heavy atom. The summed E-state index contributed by atoms with van der Waals surface area (Å²) >= 11 is 4.70. The van der Waals surface area contributed by atoms with Gasteiger partial charge >= 0.3 is 0 Å². The standard InChI is InChI=1S/C2H2BClO/c3-1-2(4)5/h1H2. The number of carbonyl (C=O) groups is 1. The summed E-state index contributed by atoms with van der Waals surface area (Å²) in [5, 5.41) is -0.495. The van der Waals surface area contributed by atoms with Crippen LogP contribution in [0.1, 0.15) is 0 Å². The zero-order valence-corrected chi connectivity index (χ0v) is 3.33. The van der Waals surface area contributed by atoms with E-state index in [4.69, 9.17) is 11.6 Å². The maximum Gasteiger partial charge on any atom is 0.213 e. The van der Waals surface area contributed by atoms with Crippen LogP contribution in [0.2, 0.25) is 6.32 Å². The highest BCUT2D eigenvalue weighted by molar-refractivity contribution is 6.66. The van der Waals surface area contributed by atoms with Gasteiger partial charge in [0.15, 0.2) is 0 Å². The molecule has 0 bridgehead atoms. The third-order valence-corrected chi connectivity index (χ3v) is 0.315. The highest BCUT2D eigenvalue weighted by Gasteiger charge is 1.80. The number of hydrogen-bond donors (Lipinski definition) is 0. The van der Waals surface area contributed by atoms with Crippen molar-refractivity contribution in [2.24, 2.45) is 0 Å². The van der Waals surface area contributed by atoms with Crippen molar-refractivity contribution in [3.8, 4) is 0 Å². The summed E-state index contributed by atoms with van der Waals surface area (Å²) in [5.41, 5.74) is 0.